The van der Waals surface area contributed by atoms with Crippen molar-refractivity contribution in [3.63, 3.8) is 0 Å². The van der Waals surface area contributed by atoms with Gasteiger partial charge in [-0.2, -0.15) is 0 Å². The van der Waals surface area contributed by atoms with Crippen molar-refractivity contribution in [2.45, 2.75) is 50.5 Å². The number of benzene rings is 2. The molecular weight excluding hydrogens is 486 g/mol. The number of nitrogens with zero attached hydrogens (tertiary/aromatic N) is 1. The molecule has 0 spiro atoms. The molecule has 37 heavy (non-hydrogen) atoms. The zero-order valence-corrected chi connectivity index (χ0v) is 20.2. The molecule has 0 bridgehead atoms. The quantitative estimate of drug-likeness (QED) is 0.241. The van der Waals surface area contributed by atoms with Gasteiger partial charge < -0.3 is 44.8 Å². The second kappa shape index (κ2) is 10.9. The van der Waals surface area contributed by atoms with Crippen molar-refractivity contribution in [2.75, 3.05) is 13.7 Å². The van der Waals surface area contributed by atoms with E-state index in [0.717, 1.165) is 0 Å². The first-order valence-corrected chi connectivity index (χ1v) is 11.6. The molecule has 0 aliphatic carbocycles. The van der Waals surface area contributed by atoms with Gasteiger partial charge in [0.15, 0.2) is 5.78 Å². The average molecular weight is 515 g/mol. The lowest BCUT2D eigenvalue weighted by Gasteiger charge is -2.39. The summed E-state index contributed by atoms with van der Waals surface area (Å²) in [6.45, 7) is 0.999. The zero-order chi connectivity index (χ0) is 26.9. The molecule has 1 fully saturated rings. The van der Waals surface area contributed by atoms with Crippen LogP contribution in [0.1, 0.15) is 28.8 Å². The lowest BCUT2D eigenvalue weighted by atomic mass is 9.94. The SMILES string of the molecule is COc1cc(O[C@H]2O[C@H](CO)[C@@H](O)[C@H](O)[C@H]2O)c2c(O)c(C(=O)CCC([O-])=C3C=CN=C3)c(C)cc2c1. The van der Waals surface area contributed by atoms with Crippen LogP contribution in [0.15, 0.2) is 46.8 Å². The van der Waals surface area contributed by atoms with E-state index >= 15 is 0 Å². The number of aliphatic imine (C=N–C) groups is 1. The zero-order valence-electron chi connectivity index (χ0n) is 20.2. The molecule has 5 atom stereocenters. The van der Waals surface area contributed by atoms with Crippen LogP contribution in [0.2, 0.25) is 0 Å². The summed E-state index contributed by atoms with van der Waals surface area (Å²) in [4.78, 5) is 16.9. The van der Waals surface area contributed by atoms with Gasteiger partial charge in [0.2, 0.25) is 6.29 Å². The fourth-order valence-electron chi connectivity index (χ4n) is 4.40. The molecule has 11 heteroatoms. The third kappa shape index (κ3) is 5.17. The molecule has 5 N–H and O–H groups in total. The van der Waals surface area contributed by atoms with Crippen molar-refractivity contribution < 1.29 is 49.6 Å². The smallest absolute Gasteiger partial charge is 0.229 e. The highest BCUT2D eigenvalue weighted by Crippen LogP contribution is 2.42. The molecule has 198 valence electrons. The van der Waals surface area contributed by atoms with E-state index in [4.69, 9.17) is 14.2 Å². The van der Waals surface area contributed by atoms with E-state index in [2.05, 4.69) is 4.99 Å². The van der Waals surface area contributed by atoms with Crippen molar-refractivity contribution in [2.24, 2.45) is 4.99 Å². The number of aryl methyl sites for hydroxylation is 1. The molecule has 4 rings (SSSR count). The van der Waals surface area contributed by atoms with Gasteiger partial charge >= 0.3 is 0 Å². The summed E-state index contributed by atoms with van der Waals surface area (Å²) >= 11 is 0. The highest BCUT2D eigenvalue weighted by atomic mass is 16.7. The second-order valence-corrected chi connectivity index (χ2v) is 8.85. The van der Waals surface area contributed by atoms with Crippen LogP contribution in [0.3, 0.4) is 0 Å². The van der Waals surface area contributed by atoms with Gasteiger partial charge in [-0.15, -0.1) is 5.76 Å². The average Bonchev–Trinajstić information content (AvgIpc) is 3.42. The van der Waals surface area contributed by atoms with Gasteiger partial charge in [0.1, 0.15) is 41.7 Å². The maximum Gasteiger partial charge on any atom is 0.229 e. The molecule has 0 radical (unpaired) electrons. The lowest BCUT2D eigenvalue weighted by molar-refractivity contribution is -0.307. The van der Waals surface area contributed by atoms with Crippen LogP contribution >= 0.6 is 0 Å². The van der Waals surface area contributed by atoms with E-state index in [-0.39, 0.29) is 35.3 Å². The number of aliphatic hydroxyl groups is 4. The van der Waals surface area contributed by atoms with Crippen LogP contribution in [0.5, 0.6) is 17.2 Å². The summed E-state index contributed by atoms with van der Waals surface area (Å²) in [5, 5.41) is 64.1. The van der Waals surface area contributed by atoms with Crippen molar-refractivity contribution in [3.8, 4) is 17.2 Å². The maximum atomic E-state index is 13.1. The van der Waals surface area contributed by atoms with E-state index in [1.165, 1.54) is 25.6 Å². The monoisotopic (exact) mass is 514 g/mol. The van der Waals surface area contributed by atoms with Crippen LogP contribution in [-0.2, 0) is 4.74 Å². The number of hydrogen-bond acceptors (Lipinski definition) is 11. The minimum absolute atomic E-state index is 0.00440. The first kappa shape index (κ1) is 26.6. The molecule has 2 aliphatic heterocycles. The van der Waals surface area contributed by atoms with E-state index in [9.17, 15) is 35.4 Å². The first-order chi connectivity index (χ1) is 17.7. The second-order valence-electron chi connectivity index (χ2n) is 8.85. The molecule has 0 amide bonds. The normalized spacial score (nSPS) is 26.5. The molecule has 2 heterocycles. The van der Waals surface area contributed by atoms with Gasteiger partial charge in [-0.05, 0) is 42.0 Å². The van der Waals surface area contributed by atoms with Crippen LogP contribution in [0.25, 0.3) is 10.8 Å². The Morgan fingerprint density at radius 3 is 2.54 bits per heavy atom. The van der Waals surface area contributed by atoms with Crippen LogP contribution < -0.4 is 14.6 Å². The fourth-order valence-corrected chi connectivity index (χ4v) is 4.40. The van der Waals surface area contributed by atoms with E-state index in [0.29, 0.717) is 22.3 Å². The van der Waals surface area contributed by atoms with Crippen molar-refractivity contribution in [3.05, 3.63) is 52.9 Å². The number of carbonyl (C=O) groups is 1. The van der Waals surface area contributed by atoms with Gasteiger partial charge in [-0.1, -0.05) is 6.07 Å². The third-order valence-corrected chi connectivity index (χ3v) is 6.41. The third-order valence-electron chi connectivity index (χ3n) is 6.41. The minimum Gasteiger partial charge on any atom is -0.875 e. The molecular formula is C26H28NO10-. The summed E-state index contributed by atoms with van der Waals surface area (Å²) in [6.07, 6.45) is -3.43. The van der Waals surface area contributed by atoms with Gasteiger partial charge in [-0.25, -0.2) is 0 Å². The maximum absolute atomic E-state index is 13.1. The van der Waals surface area contributed by atoms with Crippen LogP contribution in [0.4, 0.5) is 0 Å². The number of ketones is 1. The van der Waals surface area contributed by atoms with Gasteiger partial charge in [0.05, 0.1) is 24.7 Å². The highest BCUT2D eigenvalue weighted by molar-refractivity contribution is 6.08. The molecule has 0 unspecified atom stereocenters. The number of phenolic OH excluding ortho intramolecular Hbond substituents is 1. The van der Waals surface area contributed by atoms with Crippen molar-refractivity contribution in [1.82, 2.24) is 0 Å². The summed E-state index contributed by atoms with van der Waals surface area (Å²) in [6, 6.07) is 4.66. The topological polar surface area (TPSA) is 181 Å². The highest BCUT2D eigenvalue weighted by Gasteiger charge is 2.45. The Kier molecular flexibility index (Phi) is 7.81. The number of Topliss-reactive ketones (excluding diaryl/α,β-unsaturated/α-hetero) is 1. The summed E-state index contributed by atoms with van der Waals surface area (Å²) in [7, 11) is 1.42. The Bertz CT molecular complexity index is 1270. The Hall–Kier alpha value is -3.48. The van der Waals surface area contributed by atoms with Gasteiger partial charge in [0.25, 0.3) is 0 Å². The predicted octanol–water partition coefficient (Wildman–Crippen LogP) is 0.217. The lowest BCUT2D eigenvalue weighted by Crippen LogP contribution is -2.60. The summed E-state index contributed by atoms with van der Waals surface area (Å²) in [5.41, 5.74) is 0.865. The number of allylic oxidation sites excluding steroid dienone is 3. The molecule has 2 aromatic carbocycles. The number of aliphatic hydroxyl groups excluding tert-OH is 4. The van der Waals surface area contributed by atoms with Gasteiger partial charge in [-0.3, -0.25) is 9.79 Å². The Labute approximate surface area is 212 Å². The summed E-state index contributed by atoms with van der Waals surface area (Å²) in [5.74, 6) is -0.813. The summed E-state index contributed by atoms with van der Waals surface area (Å²) < 4.78 is 16.6. The number of carbonyl (C=O) groups excluding carboxylic acids is 1. The molecule has 2 aliphatic rings. The molecule has 2 aromatic rings. The predicted molar refractivity (Wildman–Crippen MR) is 130 cm³/mol. The van der Waals surface area contributed by atoms with Crippen LogP contribution in [-0.4, -0.2) is 82.0 Å². The van der Waals surface area contributed by atoms with Crippen molar-refractivity contribution in [1.29, 1.82) is 0 Å². The van der Waals surface area contributed by atoms with E-state index in [1.807, 2.05) is 0 Å². The Morgan fingerprint density at radius 2 is 1.89 bits per heavy atom. The number of phenols is 1. The fraction of sp³-hybridized carbons (Fsp3) is 0.385. The van der Waals surface area contributed by atoms with E-state index < -0.39 is 48.8 Å². The molecule has 1 saturated heterocycles. The molecule has 0 saturated carbocycles. The number of rotatable bonds is 8. The molecule has 0 aromatic heterocycles. The van der Waals surface area contributed by atoms with Crippen LogP contribution in [0, 0.1) is 6.92 Å². The number of fused-ring (bicyclic) bond motifs is 1. The minimum atomic E-state index is -1.69. The number of aromatic hydroxyl groups is 1. The molecule has 11 nitrogen and oxygen atoms in total. The van der Waals surface area contributed by atoms with E-state index in [1.54, 1.807) is 25.1 Å². The Balaban J connectivity index is 1.71. The Morgan fingerprint density at radius 1 is 1.14 bits per heavy atom. The van der Waals surface area contributed by atoms with Crippen molar-refractivity contribution >= 4 is 22.8 Å². The number of ether oxygens (including phenoxy) is 3. The largest absolute Gasteiger partial charge is 0.875 e. The number of methoxy groups -OCH3 is 1. The van der Waals surface area contributed by atoms with Gasteiger partial charge in [0, 0.05) is 24.9 Å². The standard InChI is InChI=1S/C26H29NO10/c1-12-7-14-8-15(35-2)9-18(36-26-25(34)24(33)22(31)19(11-28)37-26)21(14)23(32)20(12)17(30)4-3-16(29)13-5-6-27-10-13/h5-10,19,22,24-26,28-29,31-34H,3-4,11H2,1-2H3/p-1/t19-,22-,24+,25-,26+/m1/s1. The number of hydrogen-bond donors (Lipinski definition) is 5. The first-order valence-electron chi connectivity index (χ1n) is 11.6.